The third kappa shape index (κ3) is 6.01. The number of nitrogens with one attached hydrogen (secondary N) is 1. The largest absolute Gasteiger partial charge is 0.481 e. The predicted molar refractivity (Wildman–Crippen MR) is 75.8 cm³/mol. The van der Waals surface area contributed by atoms with Gasteiger partial charge in [0.2, 0.25) is 5.88 Å². The van der Waals surface area contributed by atoms with Crippen molar-refractivity contribution in [1.29, 1.82) is 0 Å². The third-order valence-electron chi connectivity index (χ3n) is 2.99. The Morgan fingerprint density at radius 3 is 2.72 bits per heavy atom. The molecule has 18 heavy (non-hydrogen) atoms. The van der Waals surface area contributed by atoms with E-state index in [1.807, 2.05) is 12.1 Å². The summed E-state index contributed by atoms with van der Waals surface area (Å²) in [4.78, 5) is 4.10. The smallest absolute Gasteiger partial charge is 0.213 e. The Balaban J connectivity index is 2.35. The Bertz CT molecular complexity index is 358. The van der Waals surface area contributed by atoms with Crippen LogP contribution in [0.4, 0.5) is 0 Å². The van der Waals surface area contributed by atoms with Crippen molar-refractivity contribution in [2.75, 3.05) is 7.11 Å². The van der Waals surface area contributed by atoms with Crippen LogP contribution < -0.4 is 10.1 Å². The summed E-state index contributed by atoms with van der Waals surface area (Å²) < 4.78 is 5.11. The number of rotatable bonds is 6. The first kappa shape index (κ1) is 15.0. The van der Waals surface area contributed by atoms with Crippen LogP contribution in [-0.4, -0.2) is 18.1 Å². The zero-order chi connectivity index (χ0) is 13.6. The molecular weight excluding hydrogens is 224 g/mol. The Morgan fingerprint density at radius 1 is 1.39 bits per heavy atom. The molecule has 0 saturated carbocycles. The van der Waals surface area contributed by atoms with Crippen LogP contribution >= 0.6 is 0 Å². The van der Waals surface area contributed by atoms with Crippen molar-refractivity contribution in [3.05, 3.63) is 23.9 Å². The summed E-state index contributed by atoms with van der Waals surface area (Å²) in [6, 6.07) is 4.53. The number of methoxy groups -OCH3 is 1. The average Bonchev–Trinajstić information content (AvgIpc) is 2.33. The van der Waals surface area contributed by atoms with Crippen LogP contribution in [0.2, 0.25) is 0 Å². The van der Waals surface area contributed by atoms with E-state index in [9.17, 15) is 0 Å². The molecule has 0 saturated heterocycles. The monoisotopic (exact) mass is 250 g/mol. The lowest BCUT2D eigenvalue weighted by Gasteiger charge is -2.21. The van der Waals surface area contributed by atoms with Crippen LogP contribution in [0.1, 0.15) is 46.1 Å². The second-order valence-electron chi connectivity index (χ2n) is 6.09. The molecule has 0 aliphatic heterocycles. The minimum Gasteiger partial charge on any atom is -0.481 e. The van der Waals surface area contributed by atoms with Crippen LogP contribution in [0.5, 0.6) is 5.88 Å². The lowest BCUT2D eigenvalue weighted by atomic mass is 9.89. The molecule has 1 atom stereocenters. The number of hydrogen-bond acceptors (Lipinski definition) is 3. The van der Waals surface area contributed by atoms with Crippen LogP contribution in [0.3, 0.4) is 0 Å². The van der Waals surface area contributed by atoms with Gasteiger partial charge in [-0.05, 0) is 36.8 Å². The van der Waals surface area contributed by atoms with Gasteiger partial charge in [-0.3, -0.25) is 0 Å². The van der Waals surface area contributed by atoms with E-state index in [2.05, 4.69) is 38.0 Å². The lowest BCUT2D eigenvalue weighted by molar-refractivity contribution is 0.336. The number of nitrogens with zero attached hydrogens (tertiary/aromatic N) is 1. The van der Waals surface area contributed by atoms with E-state index >= 15 is 0 Å². The first-order valence-electron chi connectivity index (χ1n) is 6.63. The summed E-state index contributed by atoms with van der Waals surface area (Å²) in [5.74, 6) is 0.677. The summed E-state index contributed by atoms with van der Waals surface area (Å²) in [6.07, 6.45) is 4.22. The molecule has 3 nitrogen and oxygen atoms in total. The van der Waals surface area contributed by atoms with Gasteiger partial charge in [0, 0.05) is 24.8 Å². The highest BCUT2D eigenvalue weighted by Gasteiger charge is 2.12. The van der Waals surface area contributed by atoms with E-state index in [0.717, 1.165) is 6.54 Å². The van der Waals surface area contributed by atoms with Crippen LogP contribution in [0.25, 0.3) is 0 Å². The zero-order valence-electron chi connectivity index (χ0n) is 12.3. The van der Waals surface area contributed by atoms with Crippen molar-refractivity contribution in [1.82, 2.24) is 10.3 Å². The molecule has 1 heterocycles. The van der Waals surface area contributed by atoms with Gasteiger partial charge in [0.05, 0.1) is 7.11 Å². The molecule has 0 bridgehead atoms. The quantitative estimate of drug-likeness (QED) is 0.840. The molecule has 0 aliphatic rings. The van der Waals surface area contributed by atoms with Gasteiger partial charge in [-0.2, -0.15) is 0 Å². The highest BCUT2D eigenvalue weighted by molar-refractivity contribution is 5.20. The predicted octanol–water partition coefficient (Wildman–Crippen LogP) is 3.39. The summed E-state index contributed by atoms with van der Waals surface area (Å²) in [7, 11) is 1.64. The second-order valence-corrected chi connectivity index (χ2v) is 6.09. The molecule has 0 amide bonds. The number of aromatic nitrogens is 1. The maximum atomic E-state index is 5.11. The topological polar surface area (TPSA) is 34.1 Å². The van der Waals surface area contributed by atoms with Gasteiger partial charge in [0.1, 0.15) is 0 Å². The SMILES string of the molecule is COc1cc(CNC(C)CCC(C)(C)C)ccn1. The molecule has 0 spiro atoms. The van der Waals surface area contributed by atoms with Crippen molar-refractivity contribution in [3.8, 4) is 5.88 Å². The van der Waals surface area contributed by atoms with E-state index in [1.165, 1.54) is 18.4 Å². The van der Waals surface area contributed by atoms with Crippen molar-refractivity contribution in [3.63, 3.8) is 0 Å². The molecule has 1 aromatic rings. The maximum Gasteiger partial charge on any atom is 0.213 e. The van der Waals surface area contributed by atoms with Crippen LogP contribution in [0.15, 0.2) is 18.3 Å². The molecule has 102 valence electrons. The van der Waals surface area contributed by atoms with E-state index in [1.54, 1.807) is 13.3 Å². The Labute approximate surface area is 111 Å². The zero-order valence-corrected chi connectivity index (χ0v) is 12.3. The molecule has 0 fully saturated rings. The Hall–Kier alpha value is -1.09. The first-order chi connectivity index (χ1) is 8.40. The van der Waals surface area contributed by atoms with E-state index < -0.39 is 0 Å². The Morgan fingerprint density at radius 2 is 2.11 bits per heavy atom. The highest BCUT2D eigenvalue weighted by atomic mass is 16.5. The summed E-state index contributed by atoms with van der Waals surface area (Å²) in [5, 5.41) is 3.54. The molecular formula is C15H26N2O. The normalized spacial score (nSPS) is 13.4. The van der Waals surface area contributed by atoms with Crippen LogP contribution in [0, 0.1) is 5.41 Å². The van der Waals surface area contributed by atoms with Gasteiger partial charge < -0.3 is 10.1 Å². The molecule has 0 aromatic carbocycles. The van der Waals surface area contributed by atoms with Gasteiger partial charge >= 0.3 is 0 Å². The summed E-state index contributed by atoms with van der Waals surface area (Å²) >= 11 is 0. The van der Waals surface area contributed by atoms with Gasteiger partial charge in [0.15, 0.2) is 0 Å². The van der Waals surface area contributed by atoms with Gasteiger partial charge in [-0.15, -0.1) is 0 Å². The number of pyridine rings is 1. The Kier molecular flexibility index (Phi) is 5.60. The van der Waals surface area contributed by atoms with E-state index in [4.69, 9.17) is 4.74 Å². The molecule has 1 rings (SSSR count). The molecule has 1 N–H and O–H groups in total. The molecule has 0 radical (unpaired) electrons. The summed E-state index contributed by atoms with van der Waals surface area (Å²) in [6.45, 7) is 9.96. The fourth-order valence-electron chi connectivity index (χ4n) is 1.72. The number of hydrogen-bond donors (Lipinski definition) is 1. The standard InChI is InChI=1S/C15H26N2O/c1-12(6-8-15(2,3)4)17-11-13-7-9-16-14(10-13)18-5/h7,9-10,12,17H,6,8,11H2,1-5H3. The van der Waals surface area contributed by atoms with Gasteiger partial charge in [-0.25, -0.2) is 4.98 Å². The summed E-state index contributed by atoms with van der Waals surface area (Å²) in [5.41, 5.74) is 1.62. The average molecular weight is 250 g/mol. The third-order valence-corrected chi connectivity index (χ3v) is 2.99. The second kappa shape index (κ2) is 6.74. The van der Waals surface area contributed by atoms with Crippen LogP contribution in [-0.2, 0) is 6.54 Å². The fraction of sp³-hybridized carbons (Fsp3) is 0.667. The molecule has 1 aromatic heterocycles. The molecule has 0 aliphatic carbocycles. The highest BCUT2D eigenvalue weighted by Crippen LogP contribution is 2.21. The van der Waals surface area contributed by atoms with Crippen molar-refractivity contribution in [2.45, 2.75) is 53.1 Å². The van der Waals surface area contributed by atoms with E-state index in [0.29, 0.717) is 17.3 Å². The van der Waals surface area contributed by atoms with Crippen molar-refractivity contribution < 1.29 is 4.74 Å². The number of ether oxygens (including phenoxy) is 1. The van der Waals surface area contributed by atoms with E-state index in [-0.39, 0.29) is 0 Å². The lowest BCUT2D eigenvalue weighted by Crippen LogP contribution is -2.26. The fourth-order valence-corrected chi connectivity index (χ4v) is 1.72. The van der Waals surface area contributed by atoms with Gasteiger partial charge in [-0.1, -0.05) is 20.8 Å². The minimum atomic E-state index is 0.413. The minimum absolute atomic E-state index is 0.413. The van der Waals surface area contributed by atoms with Gasteiger partial charge in [0.25, 0.3) is 0 Å². The first-order valence-corrected chi connectivity index (χ1v) is 6.63. The maximum absolute atomic E-state index is 5.11. The molecule has 1 unspecified atom stereocenters. The molecule has 3 heteroatoms. The van der Waals surface area contributed by atoms with Crippen molar-refractivity contribution in [2.24, 2.45) is 5.41 Å². The van der Waals surface area contributed by atoms with Crippen molar-refractivity contribution >= 4 is 0 Å².